The number of carbonyl (C=O) groups excluding carboxylic acids is 1. The predicted octanol–water partition coefficient (Wildman–Crippen LogP) is 2.46. The van der Waals surface area contributed by atoms with Gasteiger partial charge in [-0.3, -0.25) is 23.7 Å². The number of nitrogens with one attached hydrogen (secondary N) is 1. The third-order valence-electron chi connectivity index (χ3n) is 5.05. The summed E-state index contributed by atoms with van der Waals surface area (Å²) in [7, 11) is 3.06. The Balaban J connectivity index is 1.82. The van der Waals surface area contributed by atoms with Crippen LogP contribution in [0.25, 0.3) is 10.8 Å². The molecule has 0 spiro atoms. The third-order valence-corrected chi connectivity index (χ3v) is 5.05. The van der Waals surface area contributed by atoms with Gasteiger partial charge in [-0.2, -0.15) is 0 Å². The second kappa shape index (κ2) is 7.11. The van der Waals surface area contributed by atoms with Gasteiger partial charge in [0.05, 0.1) is 10.8 Å². The Bertz CT molecular complexity index is 1160. The van der Waals surface area contributed by atoms with Gasteiger partial charge in [0.25, 0.3) is 17.0 Å². The first-order valence-corrected chi connectivity index (χ1v) is 9.17. The summed E-state index contributed by atoms with van der Waals surface area (Å²) < 4.78 is 2.49. The summed E-state index contributed by atoms with van der Waals surface area (Å²) in [5.41, 5.74) is 2.06. The summed E-state index contributed by atoms with van der Waals surface area (Å²) in [4.78, 5) is 37.3. The van der Waals surface area contributed by atoms with E-state index in [2.05, 4.69) is 38.2 Å². The first-order valence-electron chi connectivity index (χ1n) is 9.17. The van der Waals surface area contributed by atoms with E-state index in [1.165, 1.54) is 41.2 Å². The van der Waals surface area contributed by atoms with Gasteiger partial charge in [0.15, 0.2) is 0 Å². The molecular weight excluding hydrogens is 354 g/mol. The highest BCUT2D eigenvalue weighted by Crippen LogP contribution is 2.22. The van der Waals surface area contributed by atoms with Crippen molar-refractivity contribution in [2.24, 2.45) is 14.1 Å². The lowest BCUT2D eigenvalue weighted by Crippen LogP contribution is -2.35. The SMILES string of the molecule is Cn1c(=O)c2ccc(C(=O)NCc3ccc(C(C)(C)C)cc3)cc2c(=O)n1C. The molecule has 3 rings (SSSR count). The summed E-state index contributed by atoms with van der Waals surface area (Å²) in [6, 6.07) is 12.7. The standard InChI is InChI=1S/C22H25N3O3/c1-22(2,3)16-9-6-14(7-10-16)13-23-19(26)15-8-11-17-18(12-15)21(28)25(5)24(4)20(17)27/h6-12H,13H2,1-5H3,(H,23,26). The summed E-state index contributed by atoms with van der Waals surface area (Å²) in [6.07, 6.45) is 0. The Kier molecular flexibility index (Phi) is 4.98. The van der Waals surface area contributed by atoms with Gasteiger partial charge in [0, 0.05) is 26.2 Å². The summed E-state index contributed by atoms with van der Waals surface area (Å²) in [5, 5.41) is 3.42. The highest BCUT2D eigenvalue weighted by atomic mass is 16.2. The number of hydrogen-bond donors (Lipinski definition) is 1. The van der Waals surface area contributed by atoms with Crippen molar-refractivity contribution in [3.05, 3.63) is 79.9 Å². The Morgan fingerprint density at radius 1 is 0.893 bits per heavy atom. The summed E-state index contributed by atoms with van der Waals surface area (Å²) in [6.45, 7) is 6.85. The van der Waals surface area contributed by atoms with E-state index in [1.54, 1.807) is 6.07 Å². The number of aromatic nitrogens is 2. The van der Waals surface area contributed by atoms with Crippen molar-refractivity contribution in [3.8, 4) is 0 Å². The molecule has 0 radical (unpaired) electrons. The van der Waals surface area contributed by atoms with E-state index < -0.39 is 0 Å². The molecular formula is C22H25N3O3. The predicted molar refractivity (Wildman–Crippen MR) is 111 cm³/mol. The highest BCUT2D eigenvalue weighted by molar-refractivity contribution is 5.98. The topological polar surface area (TPSA) is 73.1 Å². The lowest BCUT2D eigenvalue weighted by Gasteiger charge is -2.19. The van der Waals surface area contributed by atoms with Crippen LogP contribution in [0, 0.1) is 0 Å². The van der Waals surface area contributed by atoms with Crippen LogP contribution < -0.4 is 16.4 Å². The molecule has 1 heterocycles. The van der Waals surface area contributed by atoms with Crippen LogP contribution in [0.1, 0.15) is 42.3 Å². The van der Waals surface area contributed by atoms with Crippen molar-refractivity contribution in [3.63, 3.8) is 0 Å². The average molecular weight is 379 g/mol. The maximum Gasteiger partial charge on any atom is 0.273 e. The number of nitrogens with zero attached hydrogens (tertiary/aromatic N) is 2. The molecule has 0 saturated carbocycles. The zero-order valence-corrected chi connectivity index (χ0v) is 16.9. The van der Waals surface area contributed by atoms with Crippen LogP contribution in [0.2, 0.25) is 0 Å². The lowest BCUT2D eigenvalue weighted by molar-refractivity contribution is 0.0951. The number of fused-ring (bicyclic) bond motifs is 1. The van der Waals surface area contributed by atoms with Crippen molar-refractivity contribution in [2.45, 2.75) is 32.7 Å². The minimum atomic E-state index is -0.315. The van der Waals surface area contributed by atoms with E-state index >= 15 is 0 Å². The van der Waals surface area contributed by atoms with Gasteiger partial charge in [-0.1, -0.05) is 45.0 Å². The molecule has 0 fully saturated rings. The Morgan fingerprint density at radius 2 is 1.46 bits per heavy atom. The monoisotopic (exact) mass is 379 g/mol. The number of amides is 1. The minimum Gasteiger partial charge on any atom is -0.348 e. The molecule has 1 amide bonds. The van der Waals surface area contributed by atoms with E-state index in [0.717, 1.165) is 5.56 Å². The molecule has 6 heteroatoms. The molecule has 1 N–H and O–H groups in total. The number of rotatable bonds is 3. The Labute approximate surface area is 163 Å². The van der Waals surface area contributed by atoms with E-state index in [-0.39, 0.29) is 27.8 Å². The maximum atomic E-state index is 12.5. The van der Waals surface area contributed by atoms with Crippen molar-refractivity contribution in [1.82, 2.24) is 14.7 Å². The van der Waals surface area contributed by atoms with Gasteiger partial charge in [0.1, 0.15) is 0 Å². The van der Waals surface area contributed by atoms with Gasteiger partial charge in [-0.25, -0.2) is 0 Å². The molecule has 6 nitrogen and oxygen atoms in total. The fraction of sp³-hybridized carbons (Fsp3) is 0.318. The molecule has 1 aromatic heterocycles. The molecule has 146 valence electrons. The number of hydrogen-bond acceptors (Lipinski definition) is 3. The molecule has 2 aromatic carbocycles. The Morgan fingerprint density at radius 3 is 2.04 bits per heavy atom. The zero-order chi connectivity index (χ0) is 20.6. The van der Waals surface area contributed by atoms with Crippen LogP contribution in [0.4, 0.5) is 0 Å². The molecule has 0 aliphatic carbocycles. The second-order valence-corrected chi connectivity index (χ2v) is 8.05. The molecule has 0 unspecified atom stereocenters. The van der Waals surface area contributed by atoms with Crippen molar-refractivity contribution < 1.29 is 4.79 Å². The van der Waals surface area contributed by atoms with Gasteiger partial charge in [0.2, 0.25) is 0 Å². The molecule has 0 bridgehead atoms. The highest BCUT2D eigenvalue weighted by Gasteiger charge is 2.14. The number of carbonyl (C=O) groups is 1. The van der Waals surface area contributed by atoms with E-state index in [1.807, 2.05) is 12.1 Å². The Hall–Kier alpha value is -3.15. The van der Waals surface area contributed by atoms with Gasteiger partial charge in [-0.05, 0) is 34.7 Å². The second-order valence-electron chi connectivity index (χ2n) is 8.05. The van der Waals surface area contributed by atoms with Gasteiger partial charge >= 0.3 is 0 Å². The molecule has 0 aliphatic rings. The van der Waals surface area contributed by atoms with E-state index in [9.17, 15) is 14.4 Å². The third kappa shape index (κ3) is 3.63. The van der Waals surface area contributed by atoms with E-state index in [0.29, 0.717) is 17.5 Å². The molecule has 0 saturated heterocycles. The van der Waals surface area contributed by atoms with Crippen molar-refractivity contribution in [1.29, 1.82) is 0 Å². The van der Waals surface area contributed by atoms with Crippen LogP contribution in [0.5, 0.6) is 0 Å². The summed E-state index contributed by atoms with van der Waals surface area (Å²) in [5.74, 6) is -0.287. The first kappa shape index (κ1) is 19.6. The zero-order valence-electron chi connectivity index (χ0n) is 16.9. The van der Waals surface area contributed by atoms with Crippen molar-refractivity contribution in [2.75, 3.05) is 0 Å². The molecule has 0 atom stereocenters. The van der Waals surface area contributed by atoms with Crippen LogP contribution in [0.15, 0.2) is 52.1 Å². The van der Waals surface area contributed by atoms with Crippen LogP contribution in [0.3, 0.4) is 0 Å². The van der Waals surface area contributed by atoms with Crippen LogP contribution in [-0.4, -0.2) is 15.3 Å². The van der Waals surface area contributed by atoms with Gasteiger partial charge in [-0.15, -0.1) is 0 Å². The van der Waals surface area contributed by atoms with Crippen LogP contribution >= 0.6 is 0 Å². The molecule has 28 heavy (non-hydrogen) atoms. The number of benzene rings is 2. The fourth-order valence-electron chi connectivity index (χ4n) is 3.08. The molecule has 0 aliphatic heterocycles. The van der Waals surface area contributed by atoms with Crippen molar-refractivity contribution >= 4 is 16.7 Å². The summed E-state index contributed by atoms with van der Waals surface area (Å²) >= 11 is 0. The smallest absolute Gasteiger partial charge is 0.273 e. The first-order chi connectivity index (χ1) is 13.1. The van der Waals surface area contributed by atoms with Crippen LogP contribution in [-0.2, 0) is 26.1 Å². The fourth-order valence-corrected chi connectivity index (χ4v) is 3.08. The largest absolute Gasteiger partial charge is 0.348 e. The van der Waals surface area contributed by atoms with Gasteiger partial charge < -0.3 is 5.32 Å². The van der Waals surface area contributed by atoms with E-state index in [4.69, 9.17) is 0 Å². The minimum absolute atomic E-state index is 0.0795. The average Bonchev–Trinajstić information content (AvgIpc) is 2.68. The normalized spacial score (nSPS) is 11.6. The lowest BCUT2D eigenvalue weighted by atomic mass is 9.87. The molecule has 3 aromatic rings. The quantitative estimate of drug-likeness (QED) is 0.760. The maximum absolute atomic E-state index is 12.5.